The molecule has 2 heterocycles. The summed E-state index contributed by atoms with van der Waals surface area (Å²) in [5, 5.41) is 37.0. The normalized spacial score (nSPS) is 9.85. The minimum absolute atomic E-state index is 0. The molecule has 4 aromatic rings. The topological polar surface area (TPSA) is 121 Å². The van der Waals surface area contributed by atoms with Crippen LogP contribution in [-0.2, 0) is 16.5 Å². The van der Waals surface area contributed by atoms with Crippen molar-refractivity contribution in [1.29, 1.82) is 0 Å². The van der Waals surface area contributed by atoms with Gasteiger partial charge in [0.2, 0.25) is 0 Å². The molecule has 0 aliphatic heterocycles. The number of benzene rings is 2. The molecule has 0 N–H and O–H groups in total. The van der Waals surface area contributed by atoms with Crippen molar-refractivity contribution in [1.82, 2.24) is 9.97 Å². The van der Waals surface area contributed by atoms with Gasteiger partial charge < -0.3 is 10.2 Å². The summed E-state index contributed by atoms with van der Waals surface area (Å²) in [6.07, 6.45) is 7.00. The minimum atomic E-state index is -0.304. The molecule has 0 amide bonds. The van der Waals surface area contributed by atoms with E-state index in [2.05, 4.69) is 30.4 Å². The van der Waals surface area contributed by atoms with Gasteiger partial charge in [0.05, 0.1) is 0 Å². The summed E-state index contributed by atoms with van der Waals surface area (Å²) in [4.78, 5) is 7.57. The average Bonchev–Trinajstić information content (AvgIpc) is 2.98. The van der Waals surface area contributed by atoms with E-state index in [9.17, 15) is 10.2 Å². The van der Waals surface area contributed by atoms with Gasteiger partial charge in [-0.05, 0) is 63.1 Å². The van der Waals surface area contributed by atoms with Gasteiger partial charge in [-0.25, -0.2) is 0 Å². The first kappa shape index (κ1) is 34.5. The molecule has 9 heteroatoms. The van der Waals surface area contributed by atoms with Crippen LogP contribution in [0.3, 0.4) is 0 Å². The van der Waals surface area contributed by atoms with Crippen LogP contribution in [0.15, 0.2) is 142 Å². The van der Waals surface area contributed by atoms with E-state index in [0.717, 1.165) is 11.4 Å². The van der Waals surface area contributed by atoms with E-state index in [4.69, 9.17) is 0 Å². The first-order chi connectivity index (χ1) is 18.4. The van der Waals surface area contributed by atoms with Crippen LogP contribution in [-0.4, -0.2) is 33.2 Å². The van der Waals surface area contributed by atoms with E-state index in [0.29, 0.717) is 11.1 Å². The molecule has 2 aromatic heterocycles. The number of rotatable bonds is 4. The van der Waals surface area contributed by atoms with Crippen LogP contribution in [0.25, 0.3) is 0 Å². The van der Waals surface area contributed by atoms with Crippen LogP contribution >= 0.6 is 0 Å². The Morgan fingerprint density at radius 2 is 0.744 bits per heavy atom. The number of nitrogens with zero attached hydrogens (tertiary/aromatic N) is 6. The van der Waals surface area contributed by atoms with Crippen LogP contribution in [0.4, 0.5) is 0 Å². The Labute approximate surface area is 240 Å². The predicted molar refractivity (Wildman–Crippen MR) is 152 cm³/mol. The Hall–Kier alpha value is -4.49. The molecule has 0 saturated heterocycles. The Balaban J connectivity index is 0.000000518. The molecule has 204 valence electrons. The zero-order valence-electron chi connectivity index (χ0n) is 22.4. The van der Waals surface area contributed by atoms with Crippen molar-refractivity contribution in [3.63, 3.8) is 0 Å². The molecule has 0 fully saturated rings. The van der Waals surface area contributed by atoms with Crippen LogP contribution < -0.4 is 10.2 Å². The SMILES string of the molecule is CC(C)=N/N=C(\[O-])c1ccccc1.CC(C)=N/N=C(\[O-])c1ccccc1.[Ni+2].c1ccncc1.c1ccncc1. The third-order valence-electron chi connectivity index (χ3n) is 3.86. The summed E-state index contributed by atoms with van der Waals surface area (Å²) in [6, 6.07) is 29.2. The van der Waals surface area contributed by atoms with Crippen molar-refractivity contribution in [3.8, 4) is 0 Å². The van der Waals surface area contributed by atoms with Gasteiger partial charge in [0.1, 0.15) is 0 Å². The fourth-order valence-electron chi connectivity index (χ4n) is 2.19. The van der Waals surface area contributed by atoms with Gasteiger partial charge in [0.25, 0.3) is 0 Å². The quantitative estimate of drug-likeness (QED) is 0.156. The van der Waals surface area contributed by atoms with Crippen molar-refractivity contribution in [3.05, 3.63) is 133 Å². The van der Waals surface area contributed by atoms with Crippen molar-refractivity contribution in [2.45, 2.75) is 27.7 Å². The molecule has 0 bridgehead atoms. The van der Waals surface area contributed by atoms with E-state index >= 15 is 0 Å². The summed E-state index contributed by atoms with van der Waals surface area (Å²) in [5.41, 5.74) is 2.66. The molecule has 2 aromatic carbocycles. The van der Waals surface area contributed by atoms with Gasteiger partial charge in [0.15, 0.2) is 0 Å². The van der Waals surface area contributed by atoms with E-state index in [1.54, 1.807) is 101 Å². The maximum Gasteiger partial charge on any atom is 2.00 e. The molecule has 0 spiro atoms. The predicted octanol–water partition coefficient (Wildman–Crippen LogP) is 4.54. The second-order valence-electron chi connectivity index (χ2n) is 7.69. The summed E-state index contributed by atoms with van der Waals surface area (Å²) in [5.74, 6) is -0.608. The van der Waals surface area contributed by atoms with Crippen molar-refractivity contribution in [2.75, 3.05) is 0 Å². The largest absolute Gasteiger partial charge is 2.00 e. The van der Waals surface area contributed by atoms with E-state index in [1.807, 2.05) is 48.5 Å². The molecule has 8 nitrogen and oxygen atoms in total. The first-order valence-corrected chi connectivity index (χ1v) is 11.7. The molecule has 0 atom stereocenters. The van der Waals surface area contributed by atoms with Crippen molar-refractivity contribution < 1.29 is 26.7 Å². The molecule has 0 aliphatic carbocycles. The Morgan fingerprint density at radius 1 is 0.462 bits per heavy atom. The van der Waals surface area contributed by atoms with Crippen molar-refractivity contribution in [2.24, 2.45) is 20.4 Å². The van der Waals surface area contributed by atoms with Crippen LogP contribution in [0, 0.1) is 0 Å². The molecule has 0 unspecified atom stereocenters. The van der Waals surface area contributed by atoms with Crippen LogP contribution in [0.5, 0.6) is 0 Å². The third-order valence-corrected chi connectivity index (χ3v) is 3.86. The minimum Gasteiger partial charge on any atom is -0.857 e. The average molecular weight is 567 g/mol. The van der Waals surface area contributed by atoms with Gasteiger partial charge in [-0.2, -0.15) is 20.4 Å². The number of pyridine rings is 2. The molecule has 4 rings (SSSR count). The van der Waals surface area contributed by atoms with E-state index in [-0.39, 0.29) is 28.3 Å². The fourth-order valence-corrected chi connectivity index (χ4v) is 2.19. The monoisotopic (exact) mass is 566 g/mol. The summed E-state index contributed by atoms with van der Waals surface area (Å²) in [6.45, 7) is 7.17. The van der Waals surface area contributed by atoms with Gasteiger partial charge >= 0.3 is 16.5 Å². The number of hydrogen-bond acceptors (Lipinski definition) is 8. The number of aromatic nitrogens is 2. The first-order valence-electron chi connectivity index (χ1n) is 11.7. The summed E-state index contributed by atoms with van der Waals surface area (Å²) in [7, 11) is 0. The molecule has 0 aliphatic rings. The standard InChI is InChI=1S/2C10H12N2O.2C5H5N.Ni/c2*1-8(2)11-12-10(13)9-6-4-3-5-7-9;2*1-2-4-6-5-3-1;/h2*3-7H,1-2H3,(H,12,13);2*1-5H;/q;;;;+2/p-2. The Morgan fingerprint density at radius 3 is 0.949 bits per heavy atom. The fraction of sp³-hybridized carbons (Fsp3) is 0.133. The van der Waals surface area contributed by atoms with Crippen molar-refractivity contribution >= 4 is 23.2 Å². The Bertz CT molecular complexity index is 1090. The zero-order chi connectivity index (χ0) is 27.8. The molecular weight excluding hydrogens is 535 g/mol. The summed E-state index contributed by atoms with van der Waals surface area (Å²) < 4.78 is 0. The molecular formula is C30H32N6NiO2. The van der Waals surface area contributed by atoms with Crippen LogP contribution in [0.1, 0.15) is 38.8 Å². The maximum atomic E-state index is 11.3. The molecule has 0 saturated carbocycles. The second-order valence-corrected chi connectivity index (χ2v) is 7.69. The molecule has 39 heavy (non-hydrogen) atoms. The second kappa shape index (κ2) is 22.7. The smallest absolute Gasteiger partial charge is 0.857 e. The number of hydrogen-bond donors (Lipinski definition) is 0. The Kier molecular flexibility index (Phi) is 20.1. The molecule has 0 radical (unpaired) electrons. The van der Waals surface area contributed by atoms with E-state index in [1.165, 1.54) is 0 Å². The van der Waals surface area contributed by atoms with Gasteiger partial charge in [-0.1, -0.05) is 72.8 Å². The zero-order valence-corrected chi connectivity index (χ0v) is 23.4. The van der Waals surface area contributed by atoms with Gasteiger partial charge in [-0.15, -0.1) is 0 Å². The summed E-state index contributed by atoms with van der Waals surface area (Å²) >= 11 is 0. The van der Waals surface area contributed by atoms with Gasteiger partial charge in [-0.3, -0.25) is 9.97 Å². The third kappa shape index (κ3) is 19.3. The van der Waals surface area contributed by atoms with Gasteiger partial charge in [0, 0.05) is 48.0 Å². The maximum absolute atomic E-state index is 11.3. The van der Waals surface area contributed by atoms with E-state index < -0.39 is 0 Å². The van der Waals surface area contributed by atoms with Crippen LogP contribution in [0.2, 0.25) is 0 Å².